The van der Waals surface area contributed by atoms with Gasteiger partial charge in [0, 0.05) is 12.0 Å². The van der Waals surface area contributed by atoms with Crippen LogP contribution in [0.2, 0.25) is 5.02 Å². The number of para-hydroxylation sites is 1. The number of aryl methyl sites for hydroxylation is 3. The highest BCUT2D eigenvalue weighted by atomic mass is 35.5. The van der Waals surface area contributed by atoms with Gasteiger partial charge in [0.1, 0.15) is 17.7 Å². The monoisotopic (exact) mass is 619 g/mol. The van der Waals surface area contributed by atoms with Gasteiger partial charge in [-0.25, -0.2) is 4.79 Å². The molecule has 2 N–H and O–H groups in total. The molecule has 0 bridgehead atoms. The van der Waals surface area contributed by atoms with Crippen molar-refractivity contribution in [1.82, 2.24) is 10.2 Å². The van der Waals surface area contributed by atoms with Gasteiger partial charge in [-0.3, -0.25) is 9.59 Å². The van der Waals surface area contributed by atoms with E-state index in [0.29, 0.717) is 22.7 Å². The molecule has 236 valence electrons. The van der Waals surface area contributed by atoms with E-state index in [1.54, 1.807) is 31.7 Å². The molecule has 0 saturated heterocycles. The lowest BCUT2D eigenvalue weighted by atomic mass is 9.89. The molecule has 0 radical (unpaired) electrons. The van der Waals surface area contributed by atoms with Gasteiger partial charge in [0.2, 0.25) is 5.91 Å². The average molecular weight is 620 g/mol. The first kappa shape index (κ1) is 34.6. The molecule has 0 fully saturated rings. The second-order valence-electron chi connectivity index (χ2n) is 12.9. The molecule has 0 heterocycles. The van der Waals surface area contributed by atoms with Gasteiger partial charge in [0.25, 0.3) is 5.91 Å². The molecule has 2 atom stereocenters. The van der Waals surface area contributed by atoms with Crippen molar-refractivity contribution in [3.05, 3.63) is 99.6 Å². The van der Waals surface area contributed by atoms with Crippen LogP contribution in [0.3, 0.4) is 0 Å². The highest BCUT2D eigenvalue weighted by Gasteiger charge is 2.44. The van der Waals surface area contributed by atoms with Gasteiger partial charge in [-0.2, -0.15) is 0 Å². The van der Waals surface area contributed by atoms with E-state index in [-0.39, 0.29) is 6.42 Å². The summed E-state index contributed by atoms with van der Waals surface area (Å²) in [6.07, 6.45) is 0.0450. The van der Waals surface area contributed by atoms with Crippen LogP contribution in [0, 0.1) is 20.8 Å². The molecule has 3 aromatic carbocycles. The van der Waals surface area contributed by atoms with Crippen LogP contribution in [0.15, 0.2) is 66.7 Å². The van der Waals surface area contributed by atoms with Crippen molar-refractivity contribution in [1.29, 1.82) is 0 Å². The van der Waals surface area contributed by atoms with Gasteiger partial charge < -0.3 is 20.3 Å². The molecule has 0 saturated carbocycles. The van der Waals surface area contributed by atoms with Crippen molar-refractivity contribution in [2.75, 3.05) is 5.32 Å². The molecule has 3 amide bonds. The number of alkyl carbamates (subject to hydrolysis) is 1. The summed E-state index contributed by atoms with van der Waals surface area (Å²) in [6.45, 7) is 16.9. The molecule has 0 aliphatic carbocycles. The highest BCUT2D eigenvalue weighted by Crippen LogP contribution is 2.36. The fourth-order valence-electron chi connectivity index (χ4n) is 5.05. The Morgan fingerprint density at radius 2 is 1.55 bits per heavy atom. The standard InChI is InChI=1S/C36H46ClN3O4/c1-10-36(8,9)40(33(42)29(22-26-16-12-11-13-17-26)38-34(43)44-35(5,6)7)31(27-21-23(2)19-20-24(27)3)32(41)39-30-25(4)15-14-18-28(30)37/h11-21,29,31H,10,22H2,1-9H3,(H,38,43)(H,39,41). The van der Waals surface area contributed by atoms with Gasteiger partial charge >= 0.3 is 6.09 Å². The van der Waals surface area contributed by atoms with Crippen LogP contribution in [0.25, 0.3) is 0 Å². The lowest BCUT2D eigenvalue weighted by Crippen LogP contribution is -2.59. The molecule has 7 nitrogen and oxygen atoms in total. The number of hydrogen-bond acceptors (Lipinski definition) is 4. The van der Waals surface area contributed by atoms with Gasteiger partial charge in [-0.15, -0.1) is 0 Å². The molecule has 3 aromatic rings. The third-order valence-corrected chi connectivity index (χ3v) is 8.05. The molecule has 0 aliphatic rings. The minimum atomic E-state index is -1.04. The van der Waals surface area contributed by atoms with Crippen molar-refractivity contribution in [2.24, 2.45) is 0 Å². The number of benzene rings is 3. The summed E-state index contributed by atoms with van der Waals surface area (Å²) in [6, 6.07) is 18.7. The van der Waals surface area contributed by atoms with Crippen molar-refractivity contribution >= 4 is 35.2 Å². The second kappa shape index (κ2) is 14.3. The number of ether oxygens (including phenoxy) is 1. The Kier molecular flexibility index (Phi) is 11.3. The molecular formula is C36H46ClN3O4. The second-order valence-corrected chi connectivity index (χ2v) is 13.4. The number of hydrogen-bond donors (Lipinski definition) is 2. The highest BCUT2D eigenvalue weighted by molar-refractivity contribution is 6.34. The summed E-state index contributed by atoms with van der Waals surface area (Å²) in [7, 11) is 0. The van der Waals surface area contributed by atoms with E-state index in [2.05, 4.69) is 10.6 Å². The summed E-state index contributed by atoms with van der Waals surface area (Å²) in [5.41, 5.74) is 3.09. The Morgan fingerprint density at radius 1 is 0.886 bits per heavy atom. The van der Waals surface area contributed by atoms with Crippen LogP contribution in [-0.2, 0) is 20.7 Å². The SMILES string of the molecule is CCC(C)(C)N(C(=O)C(Cc1ccccc1)NC(=O)OC(C)(C)C)C(C(=O)Nc1c(C)cccc1Cl)c1cc(C)ccc1C. The maximum Gasteiger partial charge on any atom is 0.408 e. The van der Waals surface area contributed by atoms with Crippen LogP contribution in [-0.4, -0.2) is 40.0 Å². The summed E-state index contributed by atoms with van der Waals surface area (Å²) in [5.74, 6) is -0.802. The zero-order chi connectivity index (χ0) is 32.8. The van der Waals surface area contributed by atoms with Crippen LogP contribution >= 0.6 is 11.6 Å². The van der Waals surface area contributed by atoms with E-state index in [1.807, 2.05) is 102 Å². The molecule has 8 heteroatoms. The van der Waals surface area contributed by atoms with Crippen molar-refractivity contribution < 1.29 is 19.1 Å². The molecule has 0 aromatic heterocycles. The Balaban J connectivity index is 2.21. The first-order valence-electron chi connectivity index (χ1n) is 15.0. The molecular weight excluding hydrogens is 574 g/mol. The van der Waals surface area contributed by atoms with E-state index >= 15 is 0 Å². The summed E-state index contributed by atoms with van der Waals surface area (Å²) >= 11 is 6.53. The quantitative estimate of drug-likeness (QED) is 0.240. The van der Waals surface area contributed by atoms with E-state index in [9.17, 15) is 14.4 Å². The first-order chi connectivity index (χ1) is 20.5. The Labute approximate surface area is 267 Å². The number of nitrogens with zero attached hydrogens (tertiary/aromatic N) is 1. The number of anilines is 1. The average Bonchev–Trinajstić information content (AvgIpc) is 2.94. The summed E-state index contributed by atoms with van der Waals surface area (Å²) in [4.78, 5) is 44.1. The minimum Gasteiger partial charge on any atom is -0.444 e. The summed E-state index contributed by atoms with van der Waals surface area (Å²) < 4.78 is 5.57. The van der Waals surface area contributed by atoms with Gasteiger partial charge in [-0.1, -0.05) is 84.8 Å². The lowest BCUT2D eigenvalue weighted by Gasteiger charge is -2.45. The van der Waals surface area contributed by atoms with E-state index in [4.69, 9.17) is 16.3 Å². The van der Waals surface area contributed by atoms with Crippen molar-refractivity contribution in [3.63, 3.8) is 0 Å². The smallest absolute Gasteiger partial charge is 0.408 e. The third kappa shape index (κ3) is 8.85. The number of carbonyl (C=O) groups excluding carboxylic acids is 3. The fraction of sp³-hybridized carbons (Fsp3) is 0.417. The predicted molar refractivity (Wildman–Crippen MR) is 178 cm³/mol. The van der Waals surface area contributed by atoms with Gasteiger partial charge in [-0.05, 0) is 90.1 Å². The van der Waals surface area contributed by atoms with Gasteiger partial charge in [0.15, 0.2) is 0 Å². The normalized spacial score (nSPS) is 13.0. The zero-order valence-corrected chi connectivity index (χ0v) is 28.1. The zero-order valence-electron chi connectivity index (χ0n) is 27.4. The number of amides is 3. The summed E-state index contributed by atoms with van der Waals surface area (Å²) in [5, 5.41) is 6.27. The molecule has 2 unspecified atom stereocenters. The maximum atomic E-state index is 14.9. The first-order valence-corrected chi connectivity index (χ1v) is 15.4. The maximum absolute atomic E-state index is 14.9. The number of carbonyl (C=O) groups is 3. The van der Waals surface area contributed by atoms with Crippen LogP contribution in [0.5, 0.6) is 0 Å². The number of nitrogens with one attached hydrogen (secondary N) is 2. The molecule has 0 spiro atoms. The van der Waals surface area contributed by atoms with Crippen LogP contribution in [0.4, 0.5) is 10.5 Å². The third-order valence-electron chi connectivity index (χ3n) is 7.73. The molecule has 44 heavy (non-hydrogen) atoms. The largest absolute Gasteiger partial charge is 0.444 e. The minimum absolute atomic E-state index is 0.208. The van der Waals surface area contributed by atoms with E-state index in [1.165, 1.54) is 0 Å². The Morgan fingerprint density at radius 3 is 2.14 bits per heavy atom. The van der Waals surface area contributed by atoms with Crippen LogP contribution < -0.4 is 10.6 Å². The van der Waals surface area contributed by atoms with Crippen molar-refractivity contribution in [3.8, 4) is 0 Å². The van der Waals surface area contributed by atoms with E-state index in [0.717, 1.165) is 22.3 Å². The number of rotatable bonds is 10. The van der Waals surface area contributed by atoms with Gasteiger partial charge in [0.05, 0.1) is 10.7 Å². The Hall–Kier alpha value is -3.84. The fourth-order valence-corrected chi connectivity index (χ4v) is 5.32. The van der Waals surface area contributed by atoms with Crippen molar-refractivity contribution in [2.45, 2.75) is 98.4 Å². The Bertz CT molecular complexity index is 1460. The number of halogens is 1. The van der Waals surface area contributed by atoms with Crippen LogP contribution in [0.1, 0.15) is 81.8 Å². The molecule has 3 rings (SSSR count). The predicted octanol–water partition coefficient (Wildman–Crippen LogP) is 8.10. The molecule has 0 aliphatic heterocycles. The van der Waals surface area contributed by atoms with E-state index < -0.39 is 41.1 Å². The topological polar surface area (TPSA) is 87.7 Å². The lowest BCUT2D eigenvalue weighted by molar-refractivity contribution is -0.147.